The zero-order valence-corrected chi connectivity index (χ0v) is 18.3. The van der Waals surface area contributed by atoms with Gasteiger partial charge in [0.15, 0.2) is 0 Å². The average molecular weight is 421 g/mol. The van der Waals surface area contributed by atoms with E-state index in [-0.39, 0.29) is 0 Å². The molecule has 2 aromatic heterocycles. The van der Waals surface area contributed by atoms with Crippen LogP contribution in [0.25, 0.3) is 16.6 Å². The van der Waals surface area contributed by atoms with Crippen molar-refractivity contribution in [1.29, 1.82) is 0 Å². The fraction of sp³-hybridized carbons (Fsp3) is 0.261. The van der Waals surface area contributed by atoms with Gasteiger partial charge in [0.2, 0.25) is 0 Å². The Morgan fingerprint density at radius 2 is 1.87 bits per heavy atom. The zero-order valence-electron chi connectivity index (χ0n) is 18.3. The molecule has 31 heavy (non-hydrogen) atoms. The molecule has 0 aliphatic heterocycles. The van der Waals surface area contributed by atoms with Crippen LogP contribution in [0.2, 0.25) is 0 Å². The fourth-order valence-corrected chi connectivity index (χ4v) is 3.20. The second-order valence-corrected chi connectivity index (χ2v) is 6.77. The molecule has 1 aromatic carbocycles. The van der Waals surface area contributed by atoms with E-state index in [1.807, 2.05) is 43.4 Å². The number of fused-ring (bicyclic) bond motifs is 1. The van der Waals surface area contributed by atoms with Gasteiger partial charge in [-0.15, -0.1) is 0 Å². The van der Waals surface area contributed by atoms with E-state index in [0.717, 1.165) is 40.2 Å². The van der Waals surface area contributed by atoms with Gasteiger partial charge in [-0.25, -0.2) is 4.98 Å². The number of allylic oxidation sites excluding steroid dienone is 1. The number of nitrogens with zero attached hydrogens (tertiary/aromatic N) is 4. The summed E-state index contributed by atoms with van der Waals surface area (Å²) in [6, 6.07) is 11.7. The van der Waals surface area contributed by atoms with Gasteiger partial charge in [-0.05, 0) is 25.2 Å². The Morgan fingerprint density at radius 3 is 2.48 bits per heavy atom. The first-order chi connectivity index (χ1) is 15.1. The molecule has 0 aliphatic carbocycles. The van der Waals surface area contributed by atoms with Crippen LogP contribution in [0.4, 0.5) is 11.5 Å². The third-order valence-electron chi connectivity index (χ3n) is 4.81. The van der Waals surface area contributed by atoms with Crippen LogP contribution < -0.4 is 25.4 Å². The van der Waals surface area contributed by atoms with E-state index < -0.39 is 0 Å². The number of methoxy groups -OCH3 is 2. The van der Waals surface area contributed by atoms with Crippen molar-refractivity contribution < 1.29 is 9.47 Å². The van der Waals surface area contributed by atoms with Crippen LogP contribution in [0.1, 0.15) is 5.56 Å². The third-order valence-corrected chi connectivity index (χ3v) is 4.81. The van der Waals surface area contributed by atoms with Crippen molar-refractivity contribution in [3.63, 3.8) is 0 Å². The standard InChI is InChI=1S/C23H28N6O2/c1-25-7-8-29(18-10-19(30-3)12-20(11-18)31-4)23-6-5-21-22(28-23)9-16(15-27-21)17(13-24)14-26-2/h5-6,9-15,25H,7-8,24H2,1-4H3. The second kappa shape index (κ2) is 10.4. The number of nitrogens with two attached hydrogens (primary N) is 1. The van der Waals surface area contributed by atoms with Crippen molar-refractivity contribution in [1.82, 2.24) is 15.3 Å². The highest BCUT2D eigenvalue weighted by Gasteiger charge is 2.15. The molecule has 0 spiro atoms. The van der Waals surface area contributed by atoms with Crippen LogP contribution in [0.3, 0.4) is 0 Å². The van der Waals surface area contributed by atoms with Gasteiger partial charge in [0.05, 0.1) is 25.3 Å². The summed E-state index contributed by atoms with van der Waals surface area (Å²) in [4.78, 5) is 15.6. The molecule has 3 rings (SSSR count). The first kappa shape index (κ1) is 22.0. The molecule has 0 saturated carbocycles. The van der Waals surface area contributed by atoms with E-state index in [1.54, 1.807) is 33.7 Å². The Kier molecular flexibility index (Phi) is 7.40. The molecule has 0 atom stereocenters. The lowest BCUT2D eigenvalue weighted by Crippen LogP contribution is -2.27. The number of nitrogens with one attached hydrogen (secondary N) is 1. The van der Waals surface area contributed by atoms with Crippen molar-refractivity contribution in [3.05, 3.63) is 54.4 Å². The van der Waals surface area contributed by atoms with Gasteiger partial charge in [0.1, 0.15) is 17.3 Å². The lowest BCUT2D eigenvalue weighted by molar-refractivity contribution is 0.394. The first-order valence-corrected chi connectivity index (χ1v) is 9.90. The van der Waals surface area contributed by atoms with Crippen LogP contribution in [0, 0.1) is 0 Å². The monoisotopic (exact) mass is 420 g/mol. The number of aromatic nitrogens is 2. The lowest BCUT2D eigenvalue weighted by Gasteiger charge is -2.25. The molecule has 0 radical (unpaired) electrons. The summed E-state index contributed by atoms with van der Waals surface area (Å²) in [6.45, 7) is 1.47. The van der Waals surface area contributed by atoms with Crippen LogP contribution in [0.5, 0.6) is 11.5 Å². The van der Waals surface area contributed by atoms with E-state index in [4.69, 9.17) is 20.2 Å². The summed E-state index contributed by atoms with van der Waals surface area (Å²) in [7, 11) is 6.90. The van der Waals surface area contributed by atoms with Gasteiger partial charge in [-0.1, -0.05) is 0 Å². The number of ether oxygens (including phenoxy) is 2. The number of aliphatic imine (C=N–C) groups is 1. The molecule has 0 aliphatic rings. The highest BCUT2D eigenvalue weighted by molar-refractivity contribution is 6.10. The quantitative estimate of drug-likeness (QED) is 0.514. The molecule has 8 heteroatoms. The Balaban J connectivity index is 2.10. The van der Waals surface area contributed by atoms with Gasteiger partial charge in [-0.3, -0.25) is 9.98 Å². The van der Waals surface area contributed by atoms with Crippen LogP contribution in [-0.2, 0) is 0 Å². The Labute approximate surface area is 182 Å². The molecule has 8 nitrogen and oxygen atoms in total. The van der Waals surface area contributed by atoms with Crippen molar-refractivity contribution >= 4 is 34.3 Å². The first-order valence-electron chi connectivity index (χ1n) is 9.90. The Hall–Kier alpha value is -3.65. The van der Waals surface area contributed by atoms with Crippen molar-refractivity contribution in [2.75, 3.05) is 46.3 Å². The summed E-state index contributed by atoms with van der Waals surface area (Å²) in [5.74, 6) is 2.22. The molecule has 0 unspecified atom stereocenters. The Bertz CT molecular complexity index is 1070. The van der Waals surface area contributed by atoms with Gasteiger partial charge >= 0.3 is 0 Å². The van der Waals surface area contributed by atoms with E-state index in [1.165, 1.54) is 6.20 Å². The molecule has 3 aromatic rings. The number of hydrogen-bond donors (Lipinski definition) is 2. The van der Waals surface area contributed by atoms with Crippen molar-refractivity contribution in [2.45, 2.75) is 0 Å². The predicted molar refractivity (Wildman–Crippen MR) is 127 cm³/mol. The van der Waals surface area contributed by atoms with Crippen molar-refractivity contribution in [2.24, 2.45) is 10.7 Å². The van der Waals surface area contributed by atoms with Crippen LogP contribution in [0.15, 0.2) is 53.8 Å². The van der Waals surface area contributed by atoms with Crippen LogP contribution >= 0.6 is 0 Å². The largest absolute Gasteiger partial charge is 0.497 e. The maximum Gasteiger partial charge on any atom is 0.133 e. The molecule has 0 saturated heterocycles. The minimum atomic E-state index is 0.703. The molecule has 0 fully saturated rings. The molecule has 162 valence electrons. The number of rotatable bonds is 9. The molecule has 0 amide bonds. The number of pyridine rings is 2. The molecular formula is C23H28N6O2. The number of benzene rings is 1. The third kappa shape index (κ3) is 5.10. The number of hydrogen-bond acceptors (Lipinski definition) is 8. The van der Waals surface area contributed by atoms with Crippen LogP contribution in [-0.4, -0.2) is 57.6 Å². The highest BCUT2D eigenvalue weighted by atomic mass is 16.5. The predicted octanol–water partition coefficient (Wildman–Crippen LogP) is 3.00. The second-order valence-electron chi connectivity index (χ2n) is 6.77. The number of likely N-dealkylation sites (N-methyl/N-ethyl adjacent to an activating group) is 1. The lowest BCUT2D eigenvalue weighted by atomic mass is 10.1. The fourth-order valence-electron chi connectivity index (χ4n) is 3.20. The molecule has 0 bridgehead atoms. The minimum Gasteiger partial charge on any atom is -0.497 e. The normalized spacial score (nSPS) is 11.8. The SMILES string of the molecule is CN=CC(=CN)c1cnc2ccc(N(CCNC)c3cc(OC)cc(OC)c3)nc2c1. The highest BCUT2D eigenvalue weighted by Crippen LogP contribution is 2.32. The molecule has 3 N–H and O–H groups in total. The van der Waals surface area contributed by atoms with E-state index in [0.29, 0.717) is 18.0 Å². The zero-order chi connectivity index (χ0) is 22.2. The minimum absolute atomic E-state index is 0.703. The Morgan fingerprint density at radius 1 is 1.13 bits per heavy atom. The molecule has 2 heterocycles. The van der Waals surface area contributed by atoms with E-state index >= 15 is 0 Å². The van der Waals surface area contributed by atoms with E-state index in [2.05, 4.69) is 20.2 Å². The molecular weight excluding hydrogens is 392 g/mol. The summed E-state index contributed by atoms with van der Waals surface area (Å²) < 4.78 is 10.9. The maximum absolute atomic E-state index is 5.76. The average Bonchev–Trinajstić information content (AvgIpc) is 2.82. The summed E-state index contributed by atoms with van der Waals surface area (Å²) in [5, 5.41) is 3.20. The van der Waals surface area contributed by atoms with Gasteiger partial charge in [0.25, 0.3) is 0 Å². The maximum atomic E-state index is 5.76. The summed E-state index contributed by atoms with van der Waals surface area (Å²) in [5.41, 5.74) is 9.89. The van der Waals surface area contributed by atoms with Crippen molar-refractivity contribution in [3.8, 4) is 11.5 Å². The van der Waals surface area contributed by atoms with Gasteiger partial charge in [-0.2, -0.15) is 0 Å². The summed E-state index contributed by atoms with van der Waals surface area (Å²) in [6.07, 6.45) is 4.99. The van der Waals surface area contributed by atoms with Gasteiger partial charge in [0, 0.05) is 73.8 Å². The summed E-state index contributed by atoms with van der Waals surface area (Å²) >= 11 is 0. The van der Waals surface area contributed by atoms with E-state index in [9.17, 15) is 0 Å². The number of anilines is 2. The smallest absolute Gasteiger partial charge is 0.133 e. The topological polar surface area (TPSA) is 97.9 Å². The van der Waals surface area contributed by atoms with Gasteiger partial charge < -0.3 is 25.4 Å².